The lowest BCUT2D eigenvalue weighted by Crippen LogP contribution is -2.14. The van der Waals surface area contributed by atoms with Crippen molar-refractivity contribution in [3.05, 3.63) is 68.7 Å². The molecule has 0 bridgehead atoms. The summed E-state index contributed by atoms with van der Waals surface area (Å²) in [5.74, 6) is 0.724. The largest absolute Gasteiger partial charge is 0.324 e. The van der Waals surface area contributed by atoms with E-state index in [0.29, 0.717) is 0 Å². The summed E-state index contributed by atoms with van der Waals surface area (Å²) in [4.78, 5) is 22.2. The van der Waals surface area contributed by atoms with E-state index in [-0.39, 0.29) is 28.1 Å². The zero-order valence-electron chi connectivity index (χ0n) is 12.4. The highest BCUT2D eigenvalue weighted by Gasteiger charge is 2.12. The molecule has 0 aliphatic rings. The number of rotatable bonds is 6. The summed E-state index contributed by atoms with van der Waals surface area (Å²) >= 11 is 7.43. The van der Waals surface area contributed by atoms with Crippen molar-refractivity contribution in [3.8, 4) is 0 Å². The molecule has 1 N–H and O–H groups in total. The molecule has 0 atom stereocenters. The monoisotopic (exact) mass is 350 g/mol. The van der Waals surface area contributed by atoms with Gasteiger partial charge in [-0.3, -0.25) is 14.9 Å². The number of hydrogen-bond acceptors (Lipinski definition) is 4. The van der Waals surface area contributed by atoms with Crippen LogP contribution in [0.25, 0.3) is 0 Å². The highest BCUT2D eigenvalue weighted by Crippen LogP contribution is 2.27. The summed E-state index contributed by atoms with van der Waals surface area (Å²) in [5, 5.41) is 13.6. The lowest BCUT2D eigenvalue weighted by atomic mass is 10.1. The van der Waals surface area contributed by atoms with Gasteiger partial charge >= 0.3 is 0 Å². The molecule has 7 heteroatoms. The summed E-state index contributed by atoms with van der Waals surface area (Å²) in [6.07, 6.45) is 0. The maximum absolute atomic E-state index is 12.0. The van der Waals surface area contributed by atoms with Crippen molar-refractivity contribution >= 4 is 40.6 Å². The highest BCUT2D eigenvalue weighted by atomic mass is 35.5. The minimum Gasteiger partial charge on any atom is -0.324 e. The van der Waals surface area contributed by atoms with Gasteiger partial charge in [0.05, 0.1) is 21.4 Å². The predicted octanol–water partition coefficient (Wildman–Crippen LogP) is 4.43. The Morgan fingerprint density at radius 2 is 2.04 bits per heavy atom. The molecule has 0 saturated carbocycles. The third-order valence-electron chi connectivity index (χ3n) is 3.19. The van der Waals surface area contributed by atoms with Crippen molar-refractivity contribution in [2.24, 2.45) is 0 Å². The molecular weight excluding hydrogens is 336 g/mol. The summed E-state index contributed by atoms with van der Waals surface area (Å²) in [6, 6.07) is 11.9. The SMILES string of the molecule is Cc1ccccc1CSCC(=O)Nc1cc([N+](=O)[O-])ccc1Cl. The average Bonchev–Trinajstić information content (AvgIpc) is 2.51. The Morgan fingerprint density at radius 1 is 1.30 bits per heavy atom. The summed E-state index contributed by atoms with van der Waals surface area (Å²) < 4.78 is 0. The van der Waals surface area contributed by atoms with Crippen LogP contribution in [0.5, 0.6) is 0 Å². The first-order chi connectivity index (χ1) is 11.0. The average molecular weight is 351 g/mol. The second-order valence-corrected chi connectivity index (χ2v) is 6.28. The molecule has 120 valence electrons. The van der Waals surface area contributed by atoms with Crippen LogP contribution in [0.4, 0.5) is 11.4 Å². The Bertz CT molecular complexity index is 737. The number of nitrogens with zero attached hydrogens (tertiary/aromatic N) is 1. The van der Waals surface area contributed by atoms with E-state index in [0.717, 1.165) is 5.75 Å². The fourth-order valence-corrected chi connectivity index (χ4v) is 3.00. The van der Waals surface area contributed by atoms with E-state index >= 15 is 0 Å². The van der Waals surface area contributed by atoms with Gasteiger partial charge in [0.2, 0.25) is 5.91 Å². The summed E-state index contributed by atoms with van der Waals surface area (Å²) in [7, 11) is 0. The quantitative estimate of drug-likeness (QED) is 0.618. The van der Waals surface area contributed by atoms with Crippen molar-refractivity contribution in [1.29, 1.82) is 0 Å². The maximum Gasteiger partial charge on any atom is 0.271 e. The molecule has 0 radical (unpaired) electrons. The number of carbonyl (C=O) groups is 1. The molecule has 0 unspecified atom stereocenters. The van der Waals surface area contributed by atoms with Crippen LogP contribution in [0.15, 0.2) is 42.5 Å². The third kappa shape index (κ3) is 4.97. The van der Waals surface area contributed by atoms with E-state index in [2.05, 4.69) is 5.32 Å². The lowest BCUT2D eigenvalue weighted by molar-refractivity contribution is -0.384. The molecule has 0 aliphatic heterocycles. The van der Waals surface area contributed by atoms with Gasteiger partial charge in [0.25, 0.3) is 5.69 Å². The Kier molecular flexibility index (Phi) is 6.01. The summed E-state index contributed by atoms with van der Waals surface area (Å²) in [6.45, 7) is 2.03. The van der Waals surface area contributed by atoms with Gasteiger partial charge in [-0.05, 0) is 24.1 Å². The topological polar surface area (TPSA) is 72.2 Å². The predicted molar refractivity (Wildman–Crippen MR) is 94.1 cm³/mol. The molecule has 2 aromatic carbocycles. The normalized spacial score (nSPS) is 10.3. The van der Waals surface area contributed by atoms with Crippen molar-refractivity contribution in [2.75, 3.05) is 11.1 Å². The number of benzene rings is 2. The minimum absolute atomic E-state index is 0.114. The Labute approximate surface area is 143 Å². The molecule has 0 aliphatic carbocycles. The molecule has 2 rings (SSSR count). The van der Waals surface area contributed by atoms with Gasteiger partial charge in [0.15, 0.2) is 0 Å². The number of non-ortho nitro benzene ring substituents is 1. The number of thioether (sulfide) groups is 1. The number of halogens is 1. The Hall–Kier alpha value is -2.05. The van der Waals surface area contributed by atoms with E-state index in [1.165, 1.54) is 41.1 Å². The fraction of sp³-hybridized carbons (Fsp3) is 0.188. The number of nitro groups is 1. The number of amides is 1. The lowest BCUT2D eigenvalue weighted by Gasteiger charge is -2.08. The summed E-state index contributed by atoms with van der Waals surface area (Å²) in [5.41, 5.74) is 2.50. The molecule has 0 spiro atoms. The zero-order valence-corrected chi connectivity index (χ0v) is 14.0. The van der Waals surface area contributed by atoms with E-state index in [1.54, 1.807) is 0 Å². The molecule has 0 fully saturated rings. The minimum atomic E-state index is -0.529. The fourth-order valence-electron chi connectivity index (χ4n) is 1.93. The van der Waals surface area contributed by atoms with Gasteiger partial charge < -0.3 is 5.32 Å². The third-order valence-corrected chi connectivity index (χ3v) is 4.50. The van der Waals surface area contributed by atoms with Crippen molar-refractivity contribution in [2.45, 2.75) is 12.7 Å². The molecule has 0 saturated heterocycles. The van der Waals surface area contributed by atoms with E-state index in [1.807, 2.05) is 31.2 Å². The standard InChI is InChI=1S/C16H15ClN2O3S/c1-11-4-2-3-5-12(11)9-23-10-16(20)18-15-8-13(19(21)22)6-7-14(15)17/h2-8H,9-10H2,1H3,(H,18,20). The van der Waals surface area contributed by atoms with E-state index in [9.17, 15) is 14.9 Å². The first-order valence-corrected chi connectivity index (χ1v) is 8.36. The highest BCUT2D eigenvalue weighted by molar-refractivity contribution is 7.99. The van der Waals surface area contributed by atoms with Crippen LogP contribution in [-0.2, 0) is 10.5 Å². The van der Waals surface area contributed by atoms with Crippen molar-refractivity contribution in [3.63, 3.8) is 0 Å². The van der Waals surface area contributed by atoms with Crippen LogP contribution < -0.4 is 5.32 Å². The smallest absolute Gasteiger partial charge is 0.271 e. The first-order valence-electron chi connectivity index (χ1n) is 6.83. The van der Waals surface area contributed by atoms with Crippen LogP contribution in [0.1, 0.15) is 11.1 Å². The van der Waals surface area contributed by atoms with Crippen LogP contribution >= 0.6 is 23.4 Å². The van der Waals surface area contributed by atoms with E-state index < -0.39 is 4.92 Å². The molecule has 1 amide bonds. The van der Waals surface area contributed by atoms with Crippen LogP contribution in [-0.4, -0.2) is 16.6 Å². The van der Waals surface area contributed by atoms with Gasteiger partial charge in [0, 0.05) is 17.9 Å². The first kappa shape index (κ1) is 17.3. The van der Waals surface area contributed by atoms with Crippen LogP contribution in [0.3, 0.4) is 0 Å². The van der Waals surface area contributed by atoms with Crippen LogP contribution in [0.2, 0.25) is 5.02 Å². The molecule has 5 nitrogen and oxygen atoms in total. The molecule has 2 aromatic rings. The van der Waals surface area contributed by atoms with Gasteiger partial charge in [-0.2, -0.15) is 0 Å². The van der Waals surface area contributed by atoms with Gasteiger partial charge in [-0.25, -0.2) is 0 Å². The zero-order chi connectivity index (χ0) is 16.8. The Morgan fingerprint density at radius 3 is 2.74 bits per heavy atom. The molecule has 0 heterocycles. The van der Waals surface area contributed by atoms with Gasteiger partial charge in [-0.1, -0.05) is 35.9 Å². The number of hydrogen-bond donors (Lipinski definition) is 1. The molecular formula is C16H15ClN2O3S. The number of aryl methyl sites for hydroxylation is 1. The molecule has 0 aromatic heterocycles. The van der Waals surface area contributed by atoms with E-state index in [4.69, 9.17) is 11.6 Å². The van der Waals surface area contributed by atoms with Crippen molar-refractivity contribution < 1.29 is 9.72 Å². The number of nitrogens with one attached hydrogen (secondary N) is 1. The van der Waals surface area contributed by atoms with Crippen molar-refractivity contribution in [1.82, 2.24) is 0 Å². The molecule has 23 heavy (non-hydrogen) atoms. The Balaban J connectivity index is 1.91. The van der Waals surface area contributed by atoms with Gasteiger partial charge in [0.1, 0.15) is 0 Å². The number of carbonyl (C=O) groups excluding carboxylic acids is 1. The second-order valence-electron chi connectivity index (χ2n) is 4.89. The van der Waals surface area contributed by atoms with Gasteiger partial charge in [-0.15, -0.1) is 11.8 Å². The number of nitro benzene ring substituents is 1. The number of anilines is 1. The second kappa shape index (κ2) is 7.99. The van der Waals surface area contributed by atoms with Crippen LogP contribution in [0, 0.1) is 17.0 Å². The maximum atomic E-state index is 12.0.